The Balaban J connectivity index is 1.95. The van der Waals surface area contributed by atoms with E-state index in [0.29, 0.717) is 5.82 Å². The molecule has 0 unspecified atom stereocenters. The fourth-order valence-electron chi connectivity index (χ4n) is 1.98. The van der Waals surface area contributed by atoms with Gasteiger partial charge in [-0.1, -0.05) is 13.3 Å². The van der Waals surface area contributed by atoms with Crippen LogP contribution in [0.25, 0.3) is 0 Å². The van der Waals surface area contributed by atoms with Crippen LogP contribution < -0.4 is 5.32 Å². The second kappa shape index (κ2) is 5.69. The molecule has 2 heterocycles. The van der Waals surface area contributed by atoms with Crippen LogP contribution in [-0.2, 0) is 17.8 Å². The lowest BCUT2D eigenvalue weighted by molar-refractivity contribution is -0.117. The van der Waals surface area contributed by atoms with Gasteiger partial charge in [0.05, 0.1) is 5.69 Å². The van der Waals surface area contributed by atoms with Gasteiger partial charge in [-0.3, -0.25) is 14.6 Å². The standard InChI is InChI=1S/C13H19N5O/c1-4-5-11-7-12(16-15-11)14-13(19)8-18-10(3)6-9(2)17-18/h6-7H,4-5,8H2,1-3H3,(H2,14,15,16,19). The molecule has 1 amide bonds. The van der Waals surface area contributed by atoms with Gasteiger partial charge in [0.2, 0.25) is 5.91 Å². The predicted molar refractivity (Wildman–Crippen MR) is 72.9 cm³/mol. The predicted octanol–water partition coefficient (Wildman–Crippen LogP) is 1.81. The van der Waals surface area contributed by atoms with Gasteiger partial charge in [-0.15, -0.1) is 0 Å². The molecular formula is C13H19N5O. The highest BCUT2D eigenvalue weighted by Crippen LogP contribution is 2.08. The number of aromatic amines is 1. The molecule has 0 saturated heterocycles. The first-order valence-corrected chi connectivity index (χ1v) is 6.43. The van der Waals surface area contributed by atoms with Crippen molar-refractivity contribution in [3.63, 3.8) is 0 Å². The Morgan fingerprint density at radius 2 is 2.21 bits per heavy atom. The van der Waals surface area contributed by atoms with Crippen molar-refractivity contribution >= 4 is 11.7 Å². The zero-order valence-corrected chi connectivity index (χ0v) is 11.5. The SMILES string of the molecule is CCCc1cc(NC(=O)Cn2nc(C)cc2C)n[nH]1. The van der Waals surface area contributed by atoms with Crippen LogP contribution in [0.1, 0.15) is 30.4 Å². The fraction of sp³-hybridized carbons (Fsp3) is 0.462. The van der Waals surface area contributed by atoms with Crippen molar-refractivity contribution in [2.45, 2.75) is 40.2 Å². The van der Waals surface area contributed by atoms with Crippen molar-refractivity contribution in [1.82, 2.24) is 20.0 Å². The Bertz CT molecular complexity index is 569. The van der Waals surface area contributed by atoms with Crippen molar-refractivity contribution in [2.24, 2.45) is 0 Å². The number of carbonyl (C=O) groups excluding carboxylic acids is 1. The summed E-state index contributed by atoms with van der Waals surface area (Å²) in [5.74, 6) is 0.440. The summed E-state index contributed by atoms with van der Waals surface area (Å²) in [5, 5.41) is 14.0. The number of aromatic nitrogens is 4. The molecule has 2 rings (SSSR count). The lowest BCUT2D eigenvalue weighted by Crippen LogP contribution is -2.20. The third-order valence-electron chi connectivity index (χ3n) is 2.81. The third kappa shape index (κ3) is 3.43. The van der Waals surface area contributed by atoms with E-state index in [2.05, 4.69) is 27.5 Å². The number of hydrogen-bond acceptors (Lipinski definition) is 3. The van der Waals surface area contributed by atoms with Crippen LogP contribution in [0.2, 0.25) is 0 Å². The topological polar surface area (TPSA) is 75.6 Å². The number of rotatable bonds is 5. The Morgan fingerprint density at radius 1 is 1.42 bits per heavy atom. The first kappa shape index (κ1) is 13.3. The maximum atomic E-state index is 11.9. The number of anilines is 1. The number of H-pyrrole nitrogens is 1. The summed E-state index contributed by atoms with van der Waals surface area (Å²) in [6.45, 7) is 6.14. The van der Waals surface area contributed by atoms with E-state index >= 15 is 0 Å². The summed E-state index contributed by atoms with van der Waals surface area (Å²) in [6.07, 6.45) is 1.97. The van der Waals surface area contributed by atoms with Crippen LogP contribution in [-0.4, -0.2) is 25.9 Å². The second-order valence-electron chi connectivity index (χ2n) is 4.66. The molecule has 0 fully saturated rings. The van der Waals surface area contributed by atoms with Gasteiger partial charge >= 0.3 is 0 Å². The molecule has 0 radical (unpaired) electrons. The minimum Gasteiger partial charge on any atom is -0.308 e. The van der Waals surface area contributed by atoms with E-state index in [9.17, 15) is 4.79 Å². The van der Waals surface area contributed by atoms with Gasteiger partial charge in [-0.25, -0.2) is 0 Å². The molecule has 2 N–H and O–H groups in total. The van der Waals surface area contributed by atoms with Crippen molar-refractivity contribution < 1.29 is 4.79 Å². The van der Waals surface area contributed by atoms with Gasteiger partial charge in [-0.05, 0) is 26.3 Å². The first-order valence-electron chi connectivity index (χ1n) is 6.43. The molecule has 2 aromatic rings. The van der Waals surface area contributed by atoms with E-state index in [1.165, 1.54) is 0 Å². The van der Waals surface area contributed by atoms with E-state index in [0.717, 1.165) is 29.9 Å². The van der Waals surface area contributed by atoms with Crippen LogP contribution in [0.15, 0.2) is 12.1 Å². The van der Waals surface area contributed by atoms with Crippen LogP contribution in [0.4, 0.5) is 5.82 Å². The van der Waals surface area contributed by atoms with E-state index < -0.39 is 0 Å². The minimum atomic E-state index is -0.124. The van der Waals surface area contributed by atoms with Crippen LogP contribution in [0.5, 0.6) is 0 Å². The normalized spacial score (nSPS) is 10.7. The minimum absolute atomic E-state index is 0.124. The monoisotopic (exact) mass is 261 g/mol. The van der Waals surface area contributed by atoms with Gasteiger partial charge in [-0.2, -0.15) is 10.2 Å². The van der Waals surface area contributed by atoms with Crippen molar-refractivity contribution in [1.29, 1.82) is 0 Å². The van der Waals surface area contributed by atoms with Crippen molar-refractivity contribution in [3.05, 3.63) is 29.2 Å². The van der Waals surface area contributed by atoms with Crippen LogP contribution >= 0.6 is 0 Å². The summed E-state index contributed by atoms with van der Waals surface area (Å²) in [4.78, 5) is 11.9. The van der Waals surface area contributed by atoms with E-state index in [-0.39, 0.29) is 12.5 Å². The molecule has 0 spiro atoms. The molecule has 0 aliphatic carbocycles. The summed E-state index contributed by atoms with van der Waals surface area (Å²) in [7, 11) is 0. The fourth-order valence-corrected chi connectivity index (χ4v) is 1.98. The van der Waals surface area contributed by atoms with Gasteiger partial charge in [0, 0.05) is 17.5 Å². The maximum Gasteiger partial charge on any atom is 0.247 e. The summed E-state index contributed by atoms with van der Waals surface area (Å²) in [5.41, 5.74) is 2.92. The Labute approximate surface area is 112 Å². The van der Waals surface area contributed by atoms with Gasteiger partial charge in [0.15, 0.2) is 5.82 Å². The molecule has 0 saturated carbocycles. The molecule has 0 bridgehead atoms. The largest absolute Gasteiger partial charge is 0.308 e. The molecule has 0 aliphatic heterocycles. The van der Waals surface area contributed by atoms with E-state index in [4.69, 9.17) is 0 Å². The molecule has 2 aromatic heterocycles. The molecule has 6 heteroatoms. The number of hydrogen-bond donors (Lipinski definition) is 2. The Kier molecular flexibility index (Phi) is 3.99. The van der Waals surface area contributed by atoms with Gasteiger partial charge < -0.3 is 5.32 Å². The summed E-state index contributed by atoms with van der Waals surface area (Å²) < 4.78 is 1.68. The molecule has 0 atom stereocenters. The van der Waals surface area contributed by atoms with E-state index in [1.807, 2.05) is 26.0 Å². The highest BCUT2D eigenvalue weighted by Gasteiger charge is 2.09. The Morgan fingerprint density at radius 3 is 2.84 bits per heavy atom. The maximum absolute atomic E-state index is 11.9. The highest BCUT2D eigenvalue weighted by molar-refractivity contribution is 5.89. The zero-order valence-electron chi connectivity index (χ0n) is 11.5. The number of nitrogens with zero attached hydrogens (tertiary/aromatic N) is 3. The first-order chi connectivity index (χ1) is 9.08. The Hall–Kier alpha value is -2.11. The second-order valence-corrected chi connectivity index (χ2v) is 4.66. The molecular weight excluding hydrogens is 242 g/mol. The van der Waals surface area contributed by atoms with Crippen LogP contribution in [0.3, 0.4) is 0 Å². The lowest BCUT2D eigenvalue weighted by atomic mass is 10.2. The number of aryl methyl sites for hydroxylation is 3. The molecule has 19 heavy (non-hydrogen) atoms. The third-order valence-corrected chi connectivity index (χ3v) is 2.81. The van der Waals surface area contributed by atoms with E-state index in [1.54, 1.807) is 4.68 Å². The number of amides is 1. The summed E-state index contributed by atoms with van der Waals surface area (Å²) >= 11 is 0. The van der Waals surface area contributed by atoms with Crippen molar-refractivity contribution in [2.75, 3.05) is 5.32 Å². The van der Waals surface area contributed by atoms with Crippen molar-refractivity contribution in [3.8, 4) is 0 Å². The average Bonchev–Trinajstić information content (AvgIpc) is 2.87. The summed E-state index contributed by atoms with van der Waals surface area (Å²) in [6, 6.07) is 3.81. The molecule has 0 aromatic carbocycles. The van der Waals surface area contributed by atoms with Crippen LogP contribution in [0, 0.1) is 13.8 Å². The molecule has 0 aliphatic rings. The number of carbonyl (C=O) groups is 1. The van der Waals surface area contributed by atoms with Gasteiger partial charge in [0.1, 0.15) is 6.54 Å². The average molecular weight is 261 g/mol. The smallest absolute Gasteiger partial charge is 0.247 e. The zero-order chi connectivity index (χ0) is 13.8. The molecule has 6 nitrogen and oxygen atoms in total. The quantitative estimate of drug-likeness (QED) is 0.862. The highest BCUT2D eigenvalue weighted by atomic mass is 16.2. The lowest BCUT2D eigenvalue weighted by Gasteiger charge is -2.04. The van der Waals surface area contributed by atoms with Gasteiger partial charge in [0.25, 0.3) is 0 Å². The molecule has 102 valence electrons. The number of nitrogens with one attached hydrogen (secondary N) is 2.